The summed E-state index contributed by atoms with van der Waals surface area (Å²) in [6.45, 7) is 8.00. The molecule has 1 rings (SSSR count). The van der Waals surface area contributed by atoms with E-state index in [1.54, 1.807) is 7.11 Å². The van der Waals surface area contributed by atoms with Crippen LogP contribution in [0.3, 0.4) is 0 Å². The van der Waals surface area contributed by atoms with E-state index in [9.17, 15) is 0 Å². The second-order valence-electron chi connectivity index (χ2n) is 4.81. The van der Waals surface area contributed by atoms with Crippen molar-refractivity contribution in [3.8, 4) is 5.75 Å². The number of ether oxygens (including phenoxy) is 2. The van der Waals surface area contributed by atoms with Gasteiger partial charge in [0.25, 0.3) is 0 Å². The van der Waals surface area contributed by atoms with E-state index in [2.05, 4.69) is 31.3 Å². The molecule has 0 aromatic heterocycles. The minimum atomic E-state index is 0.108. The molecule has 3 heteroatoms. The second-order valence-corrected chi connectivity index (χ2v) is 4.81. The molecule has 2 unspecified atom stereocenters. The lowest BCUT2D eigenvalue weighted by molar-refractivity contribution is 0.0711. The van der Waals surface area contributed by atoms with Crippen molar-refractivity contribution in [2.24, 2.45) is 0 Å². The van der Waals surface area contributed by atoms with Crippen molar-refractivity contribution in [2.75, 3.05) is 20.3 Å². The molecular formula is C16H27NO2. The lowest BCUT2D eigenvalue weighted by Gasteiger charge is -2.21. The van der Waals surface area contributed by atoms with Gasteiger partial charge in [0.2, 0.25) is 0 Å². The SMILES string of the molecule is CCCNC(CC)c1ccccc1OCC(C)OC. The number of hydrogen-bond acceptors (Lipinski definition) is 3. The summed E-state index contributed by atoms with van der Waals surface area (Å²) in [5.74, 6) is 0.960. The highest BCUT2D eigenvalue weighted by molar-refractivity contribution is 5.36. The molecule has 19 heavy (non-hydrogen) atoms. The maximum Gasteiger partial charge on any atom is 0.124 e. The van der Waals surface area contributed by atoms with Crippen molar-refractivity contribution >= 4 is 0 Å². The maximum absolute atomic E-state index is 5.89. The second kappa shape index (κ2) is 8.94. The lowest BCUT2D eigenvalue weighted by atomic mass is 10.0. The van der Waals surface area contributed by atoms with E-state index >= 15 is 0 Å². The Labute approximate surface area is 117 Å². The zero-order chi connectivity index (χ0) is 14.1. The average molecular weight is 265 g/mol. The van der Waals surface area contributed by atoms with Crippen LogP contribution in [0.2, 0.25) is 0 Å². The van der Waals surface area contributed by atoms with Crippen LogP contribution in [0, 0.1) is 0 Å². The van der Waals surface area contributed by atoms with E-state index in [-0.39, 0.29) is 6.10 Å². The third kappa shape index (κ3) is 5.21. The number of para-hydroxylation sites is 1. The molecule has 0 heterocycles. The van der Waals surface area contributed by atoms with Crippen LogP contribution in [0.4, 0.5) is 0 Å². The third-order valence-corrected chi connectivity index (χ3v) is 3.22. The first kappa shape index (κ1) is 16.0. The minimum absolute atomic E-state index is 0.108. The van der Waals surface area contributed by atoms with Gasteiger partial charge in [0, 0.05) is 18.7 Å². The van der Waals surface area contributed by atoms with Gasteiger partial charge >= 0.3 is 0 Å². The van der Waals surface area contributed by atoms with Gasteiger partial charge in [-0.25, -0.2) is 0 Å². The predicted octanol–water partition coefficient (Wildman–Crippen LogP) is 3.55. The Morgan fingerprint density at radius 2 is 1.95 bits per heavy atom. The fourth-order valence-corrected chi connectivity index (χ4v) is 1.97. The van der Waals surface area contributed by atoms with Crippen LogP contribution in [0.5, 0.6) is 5.75 Å². The predicted molar refractivity (Wildman–Crippen MR) is 79.7 cm³/mol. The zero-order valence-electron chi connectivity index (χ0n) is 12.6. The van der Waals surface area contributed by atoms with Crippen molar-refractivity contribution in [1.29, 1.82) is 0 Å². The fourth-order valence-electron chi connectivity index (χ4n) is 1.97. The summed E-state index contributed by atoms with van der Waals surface area (Å²) in [4.78, 5) is 0. The van der Waals surface area contributed by atoms with Gasteiger partial charge in [0.05, 0.1) is 6.10 Å². The minimum Gasteiger partial charge on any atom is -0.491 e. The molecule has 1 aromatic carbocycles. The lowest BCUT2D eigenvalue weighted by Crippen LogP contribution is -2.23. The first-order valence-electron chi connectivity index (χ1n) is 7.20. The zero-order valence-corrected chi connectivity index (χ0v) is 12.6. The van der Waals surface area contributed by atoms with E-state index in [0.717, 1.165) is 25.1 Å². The van der Waals surface area contributed by atoms with Crippen LogP contribution in [-0.4, -0.2) is 26.4 Å². The standard InChI is InChI=1S/C16H27NO2/c1-5-11-17-15(6-2)14-9-7-8-10-16(14)19-12-13(3)18-4/h7-10,13,15,17H,5-6,11-12H2,1-4H3. The molecule has 0 aliphatic rings. The van der Waals surface area contributed by atoms with E-state index in [0.29, 0.717) is 12.6 Å². The van der Waals surface area contributed by atoms with E-state index in [4.69, 9.17) is 9.47 Å². The summed E-state index contributed by atoms with van der Waals surface area (Å²) in [7, 11) is 1.71. The molecule has 2 atom stereocenters. The molecule has 3 nitrogen and oxygen atoms in total. The van der Waals surface area contributed by atoms with Crippen LogP contribution in [0.25, 0.3) is 0 Å². The number of methoxy groups -OCH3 is 1. The molecule has 0 radical (unpaired) electrons. The number of nitrogens with one attached hydrogen (secondary N) is 1. The Hall–Kier alpha value is -1.06. The van der Waals surface area contributed by atoms with Crippen LogP contribution in [0.1, 0.15) is 45.2 Å². The van der Waals surface area contributed by atoms with Crippen LogP contribution in [0.15, 0.2) is 24.3 Å². The molecule has 0 saturated carbocycles. The fraction of sp³-hybridized carbons (Fsp3) is 0.625. The molecule has 0 aliphatic heterocycles. The van der Waals surface area contributed by atoms with E-state index in [1.165, 1.54) is 5.56 Å². The van der Waals surface area contributed by atoms with Crippen molar-refractivity contribution in [3.05, 3.63) is 29.8 Å². The molecule has 1 aromatic rings. The van der Waals surface area contributed by atoms with Gasteiger partial charge < -0.3 is 14.8 Å². The van der Waals surface area contributed by atoms with Crippen molar-refractivity contribution < 1.29 is 9.47 Å². The normalized spacial score (nSPS) is 14.1. The Morgan fingerprint density at radius 1 is 1.21 bits per heavy atom. The van der Waals surface area contributed by atoms with Gasteiger partial charge in [-0.15, -0.1) is 0 Å². The summed E-state index contributed by atoms with van der Waals surface area (Å²) in [5.41, 5.74) is 1.24. The highest BCUT2D eigenvalue weighted by Crippen LogP contribution is 2.27. The summed E-state index contributed by atoms with van der Waals surface area (Å²) in [6.07, 6.45) is 2.30. The Morgan fingerprint density at radius 3 is 2.58 bits per heavy atom. The molecular weight excluding hydrogens is 238 g/mol. The van der Waals surface area contributed by atoms with Crippen molar-refractivity contribution in [3.63, 3.8) is 0 Å². The number of rotatable bonds is 9. The molecule has 0 bridgehead atoms. The highest BCUT2D eigenvalue weighted by atomic mass is 16.5. The monoisotopic (exact) mass is 265 g/mol. The largest absolute Gasteiger partial charge is 0.491 e. The summed E-state index contributed by atoms with van der Waals surface area (Å²) < 4.78 is 11.1. The molecule has 0 saturated heterocycles. The Bertz CT molecular complexity index is 354. The summed E-state index contributed by atoms with van der Waals surface area (Å²) in [5, 5.41) is 3.57. The topological polar surface area (TPSA) is 30.5 Å². The number of hydrogen-bond donors (Lipinski definition) is 1. The van der Waals surface area contributed by atoms with Gasteiger partial charge in [-0.2, -0.15) is 0 Å². The Kier molecular flexibility index (Phi) is 7.53. The quantitative estimate of drug-likeness (QED) is 0.740. The molecule has 0 fully saturated rings. The van der Waals surface area contributed by atoms with Crippen LogP contribution in [-0.2, 0) is 4.74 Å². The van der Waals surface area contributed by atoms with Gasteiger partial charge in [0.1, 0.15) is 12.4 Å². The van der Waals surface area contributed by atoms with Crippen LogP contribution < -0.4 is 10.1 Å². The van der Waals surface area contributed by atoms with E-state index in [1.807, 2.05) is 19.1 Å². The molecule has 0 aliphatic carbocycles. The van der Waals surface area contributed by atoms with Gasteiger partial charge in [0.15, 0.2) is 0 Å². The van der Waals surface area contributed by atoms with Gasteiger partial charge in [-0.05, 0) is 32.4 Å². The third-order valence-electron chi connectivity index (χ3n) is 3.22. The summed E-state index contributed by atoms with van der Waals surface area (Å²) in [6, 6.07) is 8.62. The number of benzene rings is 1. The van der Waals surface area contributed by atoms with Gasteiger partial charge in [-0.1, -0.05) is 32.0 Å². The van der Waals surface area contributed by atoms with Crippen LogP contribution >= 0.6 is 0 Å². The molecule has 0 amide bonds. The van der Waals surface area contributed by atoms with Gasteiger partial charge in [-0.3, -0.25) is 0 Å². The van der Waals surface area contributed by atoms with Crippen molar-refractivity contribution in [2.45, 2.75) is 45.8 Å². The molecule has 108 valence electrons. The highest BCUT2D eigenvalue weighted by Gasteiger charge is 2.14. The maximum atomic E-state index is 5.89. The molecule has 0 spiro atoms. The average Bonchev–Trinajstić information content (AvgIpc) is 2.46. The first-order chi connectivity index (χ1) is 9.22. The smallest absolute Gasteiger partial charge is 0.124 e. The van der Waals surface area contributed by atoms with E-state index < -0.39 is 0 Å². The molecule has 1 N–H and O–H groups in total. The first-order valence-corrected chi connectivity index (χ1v) is 7.20. The summed E-state index contributed by atoms with van der Waals surface area (Å²) >= 11 is 0. The Balaban J connectivity index is 2.75. The van der Waals surface area contributed by atoms with Crippen molar-refractivity contribution in [1.82, 2.24) is 5.32 Å².